The molecule has 23 heavy (non-hydrogen) atoms. The van der Waals surface area contributed by atoms with Crippen molar-refractivity contribution in [2.24, 2.45) is 11.8 Å². The molecule has 2 fully saturated rings. The molecule has 136 valence electrons. The van der Waals surface area contributed by atoms with Crippen LogP contribution in [0.25, 0.3) is 0 Å². The van der Waals surface area contributed by atoms with Gasteiger partial charge in [-0.25, -0.2) is 0 Å². The van der Waals surface area contributed by atoms with Crippen LogP contribution in [0.1, 0.15) is 90.9 Å². The van der Waals surface area contributed by atoms with Gasteiger partial charge in [0.2, 0.25) is 0 Å². The summed E-state index contributed by atoms with van der Waals surface area (Å²) in [6.07, 6.45) is 17.1. The third kappa shape index (κ3) is 6.74. The predicted octanol–water partition coefficient (Wildman–Crippen LogP) is 5.65. The molecule has 0 spiro atoms. The lowest BCUT2D eigenvalue weighted by atomic mass is 9.99. The summed E-state index contributed by atoms with van der Waals surface area (Å²) in [6.45, 7) is 9.31. The molecule has 2 nitrogen and oxygen atoms in total. The van der Waals surface area contributed by atoms with E-state index in [-0.39, 0.29) is 0 Å². The minimum absolute atomic E-state index is 0.845. The molecule has 0 saturated carbocycles. The topological polar surface area (TPSA) is 12.5 Å². The molecular formula is C21H41NO. The fourth-order valence-electron chi connectivity index (χ4n) is 4.50. The molecule has 2 aliphatic rings. The van der Waals surface area contributed by atoms with Gasteiger partial charge in [0.25, 0.3) is 0 Å². The van der Waals surface area contributed by atoms with Gasteiger partial charge in [0.1, 0.15) is 0 Å². The number of fused-ring (bicyclic) bond motifs is 1. The molecule has 0 aliphatic carbocycles. The Bertz CT molecular complexity index is 268. The summed E-state index contributed by atoms with van der Waals surface area (Å²) >= 11 is 0. The third-order valence-electron chi connectivity index (χ3n) is 6.07. The highest BCUT2D eigenvalue weighted by molar-refractivity contribution is 4.90. The maximum Gasteiger partial charge on any atom is 0.0510 e. The average molecular weight is 324 g/mol. The summed E-state index contributed by atoms with van der Waals surface area (Å²) < 4.78 is 5.66. The number of unbranched alkanes of at least 4 members (excludes halogenated alkanes) is 8. The van der Waals surface area contributed by atoms with Crippen molar-refractivity contribution >= 4 is 0 Å². The Morgan fingerprint density at radius 3 is 1.70 bits per heavy atom. The van der Waals surface area contributed by atoms with E-state index in [1.54, 1.807) is 0 Å². The highest BCUT2D eigenvalue weighted by atomic mass is 16.5. The van der Waals surface area contributed by atoms with Crippen molar-refractivity contribution in [3.63, 3.8) is 0 Å². The fourth-order valence-corrected chi connectivity index (χ4v) is 4.50. The van der Waals surface area contributed by atoms with Gasteiger partial charge in [-0.1, -0.05) is 78.1 Å². The second kappa shape index (κ2) is 11.5. The standard InChI is InChI=1S/C21H41NO/c1-3-5-7-9-11-13-21(14-12-10-8-6-4-2)22-15-19-17-23-18-20(19)16-22/h19-21H,3-18H2,1-2H3. The minimum Gasteiger partial charge on any atom is -0.381 e. The molecular weight excluding hydrogens is 282 g/mol. The maximum atomic E-state index is 5.66. The molecule has 2 heteroatoms. The first-order valence-electron chi connectivity index (χ1n) is 10.7. The molecule has 2 atom stereocenters. The monoisotopic (exact) mass is 323 g/mol. The summed E-state index contributed by atoms with van der Waals surface area (Å²) in [7, 11) is 0. The molecule has 0 amide bonds. The van der Waals surface area contributed by atoms with Crippen molar-refractivity contribution in [3.8, 4) is 0 Å². The Hall–Kier alpha value is -0.0800. The molecule has 2 heterocycles. The highest BCUT2D eigenvalue weighted by Crippen LogP contribution is 2.32. The summed E-state index contributed by atoms with van der Waals surface area (Å²) in [5.74, 6) is 1.69. The van der Waals surface area contributed by atoms with Crippen LogP contribution < -0.4 is 0 Å². The second-order valence-electron chi connectivity index (χ2n) is 8.07. The number of ether oxygens (including phenoxy) is 1. The summed E-state index contributed by atoms with van der Waals surface area (Å²) in [5, 5.41) is 0. The van der Waals surface area contributed by atoms with Crippen LogP contribution in [0.3, 0.4) is 0 Å². The van der Waals surface area contributed by atoms with E-state index in [0.29, 0.717) is 0 Å². The van der Waals surface area contributed by atoms with Crippen molar-refractivity contribution in [2.75, 3.05) is 26.3 Å². The number of hydrogen-bond acceptors (Lipinski definition) is 2. The first-order valence-corrected chi connectivity index (χ1v) is 10.7. The van der Waals surface area contributed by atoms with Gasteiger partial charge in [-0.05, 0) is 12.8 Å². The normalized spacial score (nSPS) is 24.7. The smallest absolute Gasteiger partial charge is 0.0510 e. The first-order chi connectivity index (χ1) is 11.3. The van der Waals surface area contributed by atoms with Crippen LogP contribution in [0.2, 0.25) is 0 Å². The van der Waals surface area contributed by atoms with Gasteiger partial charge in [-0.3, -0.25) is 4.90 Å². The molecule has 0 bridgehead atoms. The molecule has 2 saturated heterocycles. The van der Waals surface area contributed by atoms with Gasteiger partial charge in [0, 0.05) is 31.0 Å². The van der Waals surface area contributed by atoms with E-state index >= 15 is 0 Å². The Labute approximate surface area is 145 Å². The van der Waals surface area contributed by atoms with E-state index in [1.807, 2.05) is 0 Å². The lowest BCUT2D eigenvalue weighted by molar-refractivity contribution is 0.131. The zero-order valence-electron chi connectivity index (χ0n) is 15.9. The molecule has 0 aromatic carbocycles. The number of nitrogens with zero attached hydrogens (tertiary/aromatic N) is 1. The zero-order valence-corrected chi connectivity index (χ0v) is 15.9. The van der Waals surface area contributed by atoms with Crippen LogP contribution in [0.5, 0.6) is 0 Å². The molecule has 0 N–H and O–H groups in total. The Balaban J connectivity index is 1.69. The summed E-state index contributed by atoms with van der Waals surface area (Å²) in [6, 6.07) is 0.865. The fraction of sp³-hybridized carbons (Fsp3) is 1.00. The lowest BCUT2D eigenvalue weighted by Gasteiger charge is -2.29. The Morgan fingerprint density at radius 1 is 0.739 bits per heavy atom. The average Bonchev–Trinajstić information content (AvgIpc) is 3.14. The lowest BCUT2D eigenvalue weighted by Crippen LogP contribution is -2.34. The van der Waals surface area contributed by atoms with Crippen LogP contribution in [-0.2, 0) is 4.74 Å². The largest absolute Gasteiger partial charge is 0.381 e. The van der Waals surface area contributed by atoms with Gasteiger partial charge in [-0.15, -0.1) is 0 Å². The molecule has 2 rings (SSSR count). The highest BCUT2D eigenvalue weighted by Gasteiger charge is 2.39. The molecule has 2 unspecified atom stereocenters. The van der Waals surface area contributed by atoms with Gasteiger partial charge < -0.3 is 4.74 Å². The maximum absolute atomic E-state index is 5.66. The molecule has 0 radical (unpaired) electrons. The number of rotatable bonds is 13. The quantitative estimate of drug-likeness (QED) is 0.406. The van der Waals surface area contributed by atoms with E-state index in [9.17, 15) is 0 Å². The van der Waals surface area contributed by atoms with Crippen LogP contribution in [0.15, 0.2) is 0 Å². The van der Waals surface area contributed by atoms with Crippen molar-refractivity contribution < 1.29 is 4.74 Å². The van der Waals surface area contributed by atoms with Crippen molar-refractivity contribution in [1.29, 1.82) is 0 Å². The van der Waals surface area contributed by atoms with E-state index in [2.05, 4.69) is 18.7 Å². The van der Waals surface area contributed by atoms with E-state index in [0.717, 1.165) is 31.1 Å². The SMILES string of the molecule is CCCCCCCC(CCCCCCC)N1CC2COCC2C1. The first kappa shape index (κ1) is 19.2. The number of hydrogen-bond donors (Lipinski definition) is 0. The number of likely N-dealkylation sites (tertiary alicyclic amines) is 1. The van der Waals surface area contributed by atoms with E-state index in [4.69, 9.17) is 4.74 Å². The summed E-state index contributed by atoms with van der Waals surface area (Å²) in [5.41, 5.74) is 0. The second-order valence-corrected chi connectivity index (χ2v) is 8.07. The Morgan fingerprint density at radius 2 is 1.22 bits per heavy atom. The van der Waals surface area contributed by atoms with Crippen LogP contribution in [0, 0.1) is 11.8 Å². The van der Waals surface area contributed by atoms with Crippen molar-refractivity contribution in [3.05, 3.63) is 0 Å². The van der Waals surface area contributed by atoms with Crippen molar-refractivity contribution in [1.82, 2.24) is 4.90 Å². The minimum atomic E-state index is 0.845. The van der Waals surface area contributed by atoms with Gasteiger partial charge in [-0.2, -0.15) is 0 Å². The van der Waals surface area contributed by atoms with Crippen LogP contribution in [-0.4, -0.2) is 37.2 Å². The summed E-state index contributed by atoms with van der Waals surface area (Å²) in [4.78, 5) is 2.84. The molecule has 0 aromatic heterocycles. The van der Waals surface area contributed by atoms with Gasteiger partial charge in [0.05, 0.1) is 13.2 Å². The zero-order chi connectivity index (χ0) is 16.3. The predicted molar refractivity (Wildman–Crippen MR) is 99.9 cm³/mol. The molecule has 2 aliphatic heterocycles. The van der Waals surface area contributed by atoms with Gasteiger partial charge >= 0.3 is 0 Å². The van der Waals surface area contributed by atoms with Crippen molar-refractivity contribution in [2.45, 2.75) is 96.9 Å². The van der Waals surface area contributed by atoms with Gasteiger partial charge in [0.15, 0.2) is 0 Å². The van der Waals surface area contributed by atoms with Crippen LogP contribution in [0.4, 0.5) is 0 Å². The Kier molecular flexibility index (Phi) is 9.60. The molecule has 0 aromatic rings. The van der Waals surface area contributed by atoms with E-state index in [1.165, 1.54) is 90.1 Å². The van der Waals surface area contributed by atoms with Crippen LogP contribution >= 0.6 is 0 Å². The third-order valence-corrected chi connectivity index (χ3v) is 6.07. The van der Waals surface area contributed by atoms with E-state index < -0.39 is 0 Å².